The minimum Gasteiger partial charge on any atom is -0.508 e. The number of benzene rings is 2. The number of rotatable bonds is 4. The smallest absolute Gasteiger partial charge is 0.325 e. The quantitative estimate of drug-likeness (QED) is 0.480. The lowest BCUT2D eigenvalue weighted by Crippen LogP contribution is -2.20. The van der Waals surface area contributed by atoms with Crippen LogP contribution in [-0.4, -0.2) is 32.4 Å². The van der Waals surface area contributed by atoms with Crippen molar-refractivity contribution in [2.45, 2.75) is 12.1 Å². The molecule has 8 N–H and O–H groups in total. The van der Waals surface area contributed by atoms with E-state index < -0.39 is 24.0 Å². The topological polar surface area (TPSA) is 167 Å². The number of phenolic OH excluding ortho intramolecular Hbond substituents is 2. The molecule has 0 saturated carbocycles. The van der Waals surface area contributed by atoms with Crippen LogP contribution in [0, 0.1) is 0 Å². The number of aromatic hydroxyl groups is 2. The lowest BCUT2D eigenvalue weighted by molar-refractivity contribution is -0.139. The SMILES string of the molecule is NC(C(=O)O)c1ccccc1O.NC(C(=O)O)c1ccccc1O. The number of carboxylic acid groups (broad SMARTS) is 2. The highest BCUT2D eigenvalue weighted by molar-refractivity contribution is 5.76. The van der Waals surface area contributed by atoms with Gasteiger partial charge in [0.05, 0.1) is 0 Å². The van der Waals surface area contributed by atoms with Crippen LogP contribution in [0.2, 0.25) is 0 Å². The first-order valence-corrected chi connectivity index (χ1v) is 6.78. The molecule has 0 aliphatic carbocycles. The molecular weight excluding hydrogens is 316 g/mol. The lowest BCUT2D eigenvalue weighted by atomic mass is 10.1. The van der Waals surface area contributed by atoms with Crippen molar-refractivity contribution in [3.63, 3.8) is 0 Å². The molecule has 0 heterocycles. The average Bonchev–Trinajstić information content (AvgIpc) is 2.55. The molecule has 24 heavy (non-hydrogen) atoms. The number of aliphatic carboxylic acids is 2. The second-order valence-corrected chi connectivity index (χ2v) is 4.75. The summed E-state index contributed by atoms with van der Waals surface area (Å²) in [5.41, 5.74) is 11.0. The maximum absolute atomic E-state index is 10.4. The highest BCUT2D eigenvalue weighted by Gasteiger charge is 2.17. The molecule has 0 spiro atoms. The standard InChI is InChI=1S/2C8H9NO3/c2*9-7(8(11)12)5-3-1-2-4-6(5)10/h2*1-4,7,10H,9H2,(H,11,12). The third-order valence-electron chi connectivity index (χ3n) is 3.08. The van der Waals surface area contributed by atoms with E-state index >= 15 is 0 Å². The van der Waals surface area contributed by atoms with E-state index in [1.807, 2.05) is 0 Å². The molecule has 0 radical (unpaired) electrons. The molecule has 8 nitrogen and oxygen atoms in total. The first-order valence-electron chi connectivity index (χ1n) is 6.78. The van der Waals surface area contributed by atoms with E-state index in [4.69, 9.17) is 21.7 Å². The summed E-state index contributed by atoms with van der Waals surface area (Å²) < 4.78 is 0. The molecule has 0 amide bonds. The van der Waals surface area contributed by atoms with Crippen molar-refractivity contribution in [1.82, 2.24) is 0 Å². The zero-order valence-corrected chi connectivity index (χ0v) is 12.5. The Morgan fingerprint density at radius 3 is 1.25 bits per heavy atom. The van der Waals surface area contributed by atoms with Gasteiger partial charge >= 0.3 is 11.9 Å². The molecule has 128 valence electrons. The van der Waals surface area contributed by atoms with Gasteiger partial charge in [-0.2, -0.15) is 0 Å². The number of carboxylic acids is 2. The Balaban J connectivity index is 0.000000240. The third-order valence-corrected chi connectivity index (χ3v) is 3.08. The molecule has 2 aromatic rings. The molecular formula is C16H18N2O6. The summed E-state index contributed by atoms with van der Waals surface area (Å²) in [6.07, 6.45) is 0. The third kappa shape index (κ3) is 4.97. The Bertz CT molecular complexity index is 658. The van der Waals surface area contributed by atoms with Crippen molar-refractivity contribution in [2.75, 3.05) is 0 Å². The van der Waals surface area contributed by atoms with Crippen LogP contribution < -0.4 is 11.5 Å². The summed E-state index contributed by atoms with van der Waals surface area (Å²) in [7, 11) is 0. The fourth-order valence-corrected chi connectivity index (χ4v) is 1.77. The highest BCUT2D eigenvalue weighted by Crippen LogP contribution is 2.22. The van der Waals surface area contributed by atoms with E-state index in [0.717, 1.165) is 0 Å². The predicted molar refractivity (Wildman–Crippen MR) is 85.3 cm³/mol. The minimum atomic E-state index is -1.16. The molecule has 0 saturated heterocycles. The van der Waals surface area contributed by atoms with Gasteiger partial charge in [0.2, 0.25) is 0 Å². The molecule has 2 unspecified atom stereocenters. The van der Waals surface area contributed by atoms with E-state index in [2.05, 4.69) is 0 Å². The average molecular weight is 334 g/mol. The van der Waals surface area contributed by atoms with Crippen molar-refractivity contribution >= 4 is 11.9 Å². The van der Waals surface area contributed by atoms with Crippen molar-refractivity contribution in [3.05, 3.63) is 59.7 Å². The predicted octanol–water partition coefficient (Wildman–Crippen LogP) is 0.953. The van der Waals surface area contributed by atoms with E-state index in [9.17, 15) is 19.8 Å². The second kappa shape index (κ2) is 8.51. The summed E-state index contributed by atoms with van der Waals surface area (Å²) in [6.45, 7) is 0. The Labute approximate surface area is 137 Å². The minimum absolute atomic E-state index is 0.0904. The molecule has 0 bridgehead atoms. The molecule has 0 aromatic heterocycles. The van der Waals surface area contributed by atoms with Crippen LogP contribution in [0.3, 0.4) is 0 Å². The number of para-hydroxylation sites is 2. The summed E-state index contributed by atoms with van der Waals surface area (Å²) in [5.74, 6) is -2.49. The van der Waals surface area contributed by atoms with E-state index in [1.54, 1.807) is 24.3 Å². The number of nitrogens with two attached hydrogens (primary N) is 2. The zero-order chi connectivity index (χ0) is 18.3. The van der Waals surface area contributed by atoms with Crippen LogP contribution in [0.5, 0.6) is 11.5 Å². The van der Waals surface area contributed by atoms with Crippen molar-refractivity contribution in [2.24, 2.45) is 11.5 Å². The highest BCUT2D eigenvalue weighted by atomic mass is 16.4. The first kappa shape index (κ1) is 18.9. The maximum atomic E-state index is 10.4. The Morgan fingerprint density at radius 1 is 0.708 bits per heavy atom. The number of phenols is 2. The van der Waals surface area contributed by atoms with Gasteiger partial charge in [0, 0.05) is 11.1 Å². The van der Waals surface area contributed by atoms with Gasteiger partial charge in [0.1, 0.15) is 23.6 Å². The summed E-state index contributed by atoms with van der Waals surface area (Å²) in [6, 6.07) is 9.90. The van der Waals surface area contributed by atoms with Crippen LogP contribution in [-0.2, 0) is 9.59 Å². The van der Waals surface area contributed by atoms with Gasteiger partial charge in [-0.15, -0.1) is 0 Å². The van der Waals surface area contributed by atoms with E-state index in [0.29, 0.717) is 0 Å². The normalized spacial score (nSPS) is 12.4. The van der Waals surface area contributed by atoms with Crippen molar-refractivity contribution in [1.29, 1.82) is 0 Å². The Morgan fingerprint density at radius 2 is 1.00 bits per heavy atom. The summed E-state index contributed by atoms with van der Waals surface area (Å²) in [4.78, 5) is 20.8. The second-order valence-electron chi connectivity index (χ2n) is 4.75. The van der Waals surface area contributed by atoms with Gasteiger partial charge in [-0.05, 0) is 12.1 Å². The van der Waals surface area contributed by atoms with Gasteiger partial charge in [0.15, 0.2) is 0 Å². The van der Waals surface area contributed by atoms with E-state index in [-0.39, 0.29) is 22.6 Å². The monoisotopic (exact) mass is 334 g/mol. The fraction of sp³-hybridized carbons (Fsp3) is 0.125. The van der Waals surface area contributed by atoms with Gasteiger partial charge in [-0.3, -0.25) is 9.59 Å². The van der Waals surface area contributed by atoms with Crippen LogP contribution >= 0.6 is 0 Å². The van der Waals surface area contributed by atoms with Crippen molar-refractivity contribution < 1.29 is 30.0 Å². The largest absolute Gasteiger partial charge is 0.508 e. The molecule has 0 fully saturated rings. The number of hydrogen-bond acceptors (Lipinski definition) is 6. The van der Waals surface area contributed by atoms with Crippen LogP contribution in [0.25, 0.3) is 0 Å². The Hall–Kier alpha value is -3.10. The molecule has 2 rings (SSSR count). The van der Waals surface area contributed by atoms with Gasteiger partial charge in [-0.1, -0.05) is 36.4 Å². The van der Waals surface area contributed by atoms with Gasteiger partial charge in [-0.25, -0.2) is 0 Å². The lowest BCUT2D eigenvalue weighted by Gasteiger charge is -2.07. The molecule has 8 heteroatoms. The fourth-order valence-electron chi connectivity index (χ4n) is 1.77. The maximum Gasteiger partial charge on any atom is 0.325 e. The van der Waals surface area contributed by atoms with Crippen molar-refractivity contribution in [3.8, 4) is 11.5 Å². The van der Waals surface area contributed by atoms with E-state index in [1.165, 1.54) is 24.3 Å². The molecule has 2 aromatic carbocycles. The summed E-state index contributed by atoms with van der Waals surface area (Å²) in [5, 5.41) is 35.4. The van der Waals surface area contributed by atoms with Crippen LogP contribution in [0.1, 0.15) is 23.2 Å². The van der Waals surface area contributed by atoms with Gasteiger partial charge < -0.3 is 31.9 Å². The first-order chi connectivity index (χ1) is 11.3. The zero-order valence-electron chi connectivity index (χ0n) is 12.5. The number of hydrogen-bond donors (Lipinski definition) is 6. The van der Waals surface area contributed by atoms with Crippen LogP contribution in [0.4, 0.5) is 0 Å². The molecule has 0 aliphatic rings. The number of carbonyl (C=O) groups is 2. The summed E-state index contributed by atoms with van der Waals surface area (Å²) >= 11 is 0. The van der Waals surface area contributed by atoms with Crippen LogP contribution in [0.15, 0.2) is 48.5 Å². The molecule has 0 aliphatic heterocycles. The molecule has 2 atom stereocenters. The Kier molecular flexibility index (Phi) is 6.72. The van der Waals surface area contributed by atoms with Gasteiger partial charge in [0.25, 0.3) is 0 Å².